The van der Waals surface area contributed by atoms with Crippen molar-refractivity contribution < 1.29 is 29.0 Å². The number of aliphatic hydroxyl groups excluding tert-OH is 1. The number of aliphatic hydroxyl groups is 1. The van der Waals surface area contributed by atoms with Crippen molar-refractivity contribution in [3.63, 3.8) is 0 Å². The number of carbonyl (C=O) groups excluding carboxylic acids is 3. The van der Waals surface area contributed by atoms with Crippen LogP contribution in [0.4, 0.5) is 0 Å². The van der Waals surface area contributed by atoms with E-state index in [2.05, 4.69) is 17.7 Å². The summed E-state index contributed by atoms with van der Waals surface area (Å²) in [5.41, 5.74) is 5.12. The van der Waals surface area contributed by atoms with Gasteiger partial charge in [-0.25, -0.2) is 0 Å². The number of unbranched alkanes of at least 4 members (excludes halogenated alkanes) is 7. The minimum absolute atomic E-state index is 0.140. The summed E-state index contributed by atoms with van der Waals surface area (Å²) < 4.78 is 10.1. The summed E-state index contributed by atoms with van der Waals surface area (Å²) in [6, 6.07) is 0. The monoisotopic (exact) mass is 441 g/mol. The van der Waals surface area contributed by atoms with Crippen LogP contribution in [-0.4, -0.2) is 42.3 Å². The second-order valence-corrected chi connectivity index (χ2v) is 8.00. The molecule has 0 aromatic heterocycles. The van der Waals surface area contributed by atoms with Crippen molar-refractivity contribution in [2.45, 2.75) is 115 Å². The van der Waals surface area contributed by atoms with Gasteiger partial charge in [-0.1, -0.05) is 51.2 Å². The van der Waals surface area contributed by atoms with Crippen LogP contribution >= 0.6 is 0 Å². The van der Waals surface area contributed by atoms with Gasteiger partial charge in [0.1, 0.15) is 6.10 Å². The number of methoxy groups -OCH3 is 1. The second kappa shape index (κ2) is 20.0. The van der Waals surface area contributed by atoms with E-state index in [0.717, 1.165) is 57.8 Å². The highest BCUT2D eigenvalue weighted by molar-refractivity contribution is 5.73. The van der Waals surface area contributed by atoms with Crippen molar-refractivity contribution in [2.75, 3.05) is 7.11 Å². The highest BCUT2D eigenvalue weighted by Gasteiger charge is 2.22. The van der Waals surface area contributed by atoms with Crippen LogP contribution in [0.3, 0.4) is 0 Å². The Morgan fingerprint density at radius 1 is 0.871 bits per heavy atom. The standard InChI is InChI=1S/C24H43NO6/c1-3-4-11-16-21(31-24(29)19-14-18-23(28)30-2)20(26)15-12-9-7-5-6-8-10-13-17-22(25)27/h9,12,20-21,26H,3-8,10-11,13-19H2,1-2H3,(H2,25,27)/b12-9-. The summed E-state index contributed by atoms with van der Waals surface area (Å²) in [4.78, 5) is 33.9. The summed E-state index contributed by atoms with van der Waals surface area (Å²) in [7, 11) is 1.32. The molecule has 0 aliphatic heterocycles. The maximum absolute atomic E-state index is 12.1. The maximum atomic E-state index is 12.1. The molecule has 0 rings (SSSR count). The SMILES string of the molecule is CCCCCC(OC(=O)CCCC(=O)OC)C(O)C/C=C\CCCCCCCC(N)=O. The van der Waals surface area contributed by atoms with Gasteiger partial charge in [-0.2, -0.15) is 0 Å². The first-order valence-corrected chi connectivity index (χ1v) is 11.8. The van der Waals surface area contributed by atoms with E-state index in [0.29, 0.717) is 25.7 Å². The highest BCUT2D eigenvalue weighted by atomic mass is 16.6. The first-order chi connectivity index (χ1) is 14.9. The number of allylic oxidation sites excluding steroid dienone is 1. The van der Waals surface area contributed by atoms with Crippen LogP contribution in [0.15, 0.2) is 12.2 Å². The first kappa shape index (κ1) is 29.1. The Bertz CT molecular complexity index is 520. The van der Waals surface area contributed by atoms with Crippen molar-refractivity contribution in [1.82, 2.24) is 0 Å². The van der Waals surface area contributed by atoms with E-state index in [-0.39, 0.29) is 30.7 Å². The Morgan fingerprint density at radius 2 is 1.55 bits per heavy atom. The molecule has 0 radical (unpaired) electrons. The minimum Gasteiger partial charge on any atom is -0.469 e. The van der Waals surface area contributed by atoms with Gasteiger partial charge in [0.2, 0.25) is 5.91 Å². The van der Waals surface area contributed by atoms with E-state index in [4.69, 9.17) is 10.5 Å². The van der Waals surface area contributed by atoms with E-state index >= 15 is 0 Å². The van der Waals surface area contributed by atoms with Gasteiger partial charge >= 0.3 is 11.9 Å². The fourth-order valence-corrected chi connectivity index (χ4v) is 3.23. The Kier molecular flexibility index (Phi) is 18.8. The fraction of sp³-hybridized carbons (Fsp3) is 0.792. The molecule has 0 aliphatic carbocycles. The molecule has 0 saturated heterocycles. The minimum atomic E-state index is -0.730. The molecule has 0 heterocycles. The van der Waals surface area contributed by atoms with E-state index < -0.39 is 12.2 Å². The summed E-state index contributed by atoms with van der Waals surface area (Å²) in [5, 5.41) is 10.5. The van der Waals surface area contributed by atoms with Gasteiger partial charge in [0.05, 0.1) is 13.2 Å². The lowest BCUT2D eigenvalue weighted by Gasteiger charge is -2.22. The normalized spacial score (nSPS) is 13.1. The summed E-state index contributed by atoms with van der Waals surface area (Å²) >= 11 is 0. The molecule has 180 valence electrons. The number of hydrogen-bond acceptors (Lipinski definition) is 6. The Hall–Kier alpha value is -1.89. The average Bonchev–Trinajstić information content (AvgIpc) is 2.73. The quantitative estimate of drug-likeness (QED) is 0.165. The van der Waals surface area contributed by atoms with Gasteiger partial charge in [-0.15, -0.1) is 0 Å². The third-order valence-electron chi connectivity index (χ3n) is 5.13. The van der Waals surface area contributed by atoms with Crippen molar-refractivity contribution in [3.8, 4) is 0 Å². The number of carbonyl (C=O) groups is 3. The van der Waals surface area contributed by atoms with Gasteiger partial charge in [-0.3, -0.25) is 14.4 Å². The summed E-state index contributed by atoms with van der Waals surface area (Å²) in [6.07, 6.45) is 14.1. The lowest BCUT2D eigenvalue weighted by atomic mass is 10.0. The van der Waals surface area contributed by atoms with Crippen molar-refractivity contribution >= 4 is 17.8 Å². The topological polar surface area (TPSA) is 116 Å². The average molecular weight is 442 g/mol. The molecule has 0 saturated carbocycles. The molecule has 0 spiro atoms. The number of hydrogen-bond donors (Lipinski definition) is 2. The van der Waals surface area contributed by atoms with Gasteiger partial charge in [0.25, 0.3) is 0 Å². The van der Waals surface area contributed by atoms with Crippen LogP contribution < -0.4 is 5.73 Å². The summed E-state index contributed by atoms with van der Waals surface area (Å²) in [6.45, 7) is 2.10. The number of rotatable bonds is 20. The second-order valence-electron chi connectivity index (χ2n) is 8.00. The zero-order valence-corrected chi connectivity index (χ0v) is 19.5. The molecule has 2 atom stereocenters. The van der Waals surface area contributed by atoms with Crippen molar-refractivity contribution in [2.24, 2.45) is 5.73 Å². The number of primary amides is 1. The lowest BCUT2D eigenvalue weighted by molar-refractivity contribution is -0.155. The largest absolute Gasteiger partial charge is 0.469 e. The van der Waals surface area contributed by atoms with Gasteiger partial charge in [0.15, 0.2) is 0 Å². The molecule has 7 nitrogen and oxygen atoms in total. The number of esters is 2. The van der Waals surface area contributed by atoms with Gasteiger partial charge < -0.3 is 20.3 Å². The Morgan fingerprint density at radius 3 is 2.23 bits per heavy atom. The predicted octanol–water partition coefficient (Wildman–Crippen LogP) is 4.35. The van der Waals surface area contributed by atoms with E-state index in [1.54, 1.807) is 0 Å². The van der Waals surface area contributed by atoms with Gasteiger partial charge in [0, 0.05) is 19.3 Å². The fourth-order valence-electron chi connectivity index (χ4n) is 3.23. The van der Waals surface area contributed by atoms with E-state index in [1.807, 2.05) is 6.08 Å². The third kappa shape index (κ3) is 18.6. The molecule has 2 unspecified atom stereocenters. The maximum Gasteiger partial charge on any atom is 0.306 e. The van der Waals surface area contributed by atoms with Crippen LogP contribution in [0.2, 0.25) is 0 Å². The molecular formula is C24H43NO6. The van der Waals surface area contributed by atoms with Crippen LogP contribution in [-0.2, 0) is 23.9 Å². The van der Waals surface area contributed by atoms with E-state index in [9.17, 15) is 19.5 Å². The molecule has 1 amide bonds. The number of nitrogens with two attached hydrogens (primary N) is 1. The van der Waals surface area contributed by atoms with Gasteiger partial charge in [-0.05, 0) is 44.9 Å². The van der Waals surface area contributed by atoms with Crippen LogP contribution in [0, 0.1) is 0 Å². The zero-order valence-electron chi connectivity index (χ0n) is 19.5. The molecule has 0 fully saturated rings. The molecule has 0 aliphatic rings. The van der Waals surface area contributed by atoms with E-state index in [1.165, 1.54) is 7.11 Å². The number of ether oxygens (including phenoxy) is 2. The lowest BCUT2D eigenvalue weighted by Crippen LogP contribution is -2.31. The number of amides is 1. The summed E-state index contributed by atoms with van der Waals surface area (Å²) in [5.74, 6) is -0.964. The molecule has 0 aromatic rings. The molecule has 0 aromatic carbocycles. The highest BCUT2D eigenvalue weighted by Crippen LogP contribution is 2.16. The van der Waals surface area contributed by atoms with Crippen LogP contribution in [0.5, 0.6) is 0 Å². The molecule has 7 heteroatoms. The molecule has 3 N–H and O–H groups in total. The third-order valence-corrected chi connectivity index (χ3v) is 5.13. The zero-order chi connectivity index (χ0) is 23.3. The molecule has 0 bridgehead atoms. The predicted molar refractivity (Wildman–Crippen MR) is 121 cm³/mol. The molecule has 31 heavy (non-hydrogen) atoms. The van der Waals surface area contributed by atoms with Crippen molar-refractivity contribution in [3.05, 3.63) is 12.2 Å². The van der Waals surface area contributed by atoms with Crippen molar-refractivity contribution in [1.29, 1.82) is 0 Å². The Balaban J connectivity index is 4.18. The Labute approximate surface area is 187 Å². The first-order valence-electron chi connectivity index (χ1n) is 11.8. The smallest absolute Gasteiger partial charge is 0.306 e. The van der Waals surface area contributed by atoms with Crippen LogP contribution in [0.25, 0.3) is 0 Å². The molecular weight excluding hydrogens is 398 g/mol. The van der Waals surface area contributed by atoms with Crippen LogP contribution in [0.1, 0.15) is 103 Å².